The molecular weight excluding hydrogens is 268 g/mol. The monoisotopic (exact) mass is 294 g/mol. The van der Waals surface area contributed by atoms with Crippen molar-refractivity contribution in [3.63, 3.8) is 0 Å². The maximum Gasteiger partial charge on any atom is 0.226 e. The van der Waals surface area contributed by atoms with Crippen LogP contribution in [0.2, 0.25) is 0 Å². The smallest absolute Gasteiger partial charge is 0.226 e. The largest absolute Gasteiger partial charge is 0.381 e. The number of fused-ring (bicyclic) bond motifs is 2. The number of carbonyl (C=O) groups excluding carboxylic acids is 1. The third-order valence-electron chi connectivity index (χ3n) is 5.92. The molecule has 4 fully saturated rings. The van der Waals surface area contributed by atoms with Crippen LogP contribution in [0.5, 0.6) is 0 Å². The number of ether oxygens (including phenoxy) is 2. The summed E-state index contributed by atoms with van der Waals surface area (Å²) in [6.45, 7) is 9.59. The molecule has 0 radical (unpaired) electrons. The average molecular weight is 294 g/mol. The molecule has 3 unspecified atom stereocenters. The Labute approximate surface area is 126 Å². The first kappa shape index (κ1) is 14.0. The lowest BCUT2D eigenvalue weighted by molar-refractivity contribution is -0.139. The normalized spacial score (nSPS) is 43.1. The second-order valence-electron chi connectivity index (χ2n) is 7.03. The predicted octanol–water partition coefficient (Wildman–Crippen LogP) is 0.448. The van der Waals surface area contributed by atoms with Crippen molar-refractivity contribution in [2.45, 2.75) is 19.4 Å². The summed E-state index contributed by atoms with van der Waals surface area (Å²) >= 11 is 0. The van der Waals surface area contributed by atoms with Crippen LogP contribution in [-0.4, -0.2) is 74.4 Å². The van der Waals surface area contributed by atoms with Crippen LogP contribution in [0.4, 0.5) is 0 Å². The molecule has 0 aromatic rings. The van der Waals surface area contributed by atoms with Crippen LogP contribution < -0.4 is 0 Å². The summed E-state index contributed by atoms with van der Waals surface area (Å²) in [5.41, 5.74) is 0. The fraction of sp³-hybridized carbons (Fsp3) is 0.938. The number of likely N-dealkylation sites (tertiary alicyclic amines) is 1. The van der Waals surface area contributed by atoms with Gasteiger partial charge >= 0.3 is 0 Å². The van der Waals surface area contributed by atoms with Gasteiger partial charge in [-0.2, -0.15) is 0 Å². The lowest BCUT2D eigenvalue weighted by Gasteiger charge is -2.38. The topological polar surface area (TPSA) is 42.0 Å². The van der Waals surface area contributed by atoms with Gasteiger partial charge in [0.05, 0.1) is 25.9 Å². The molecule has 3 saturated heterocycles. The van der Waals surface area contributed by atoms with Crippen LogP contribution in [0.1, 0.15) is 13.3 Å². The SMILES string of the molecule is CCN1CCOC2CN(C(=O)C3[C@H]4COC[C@@H]34)CCC2C1. The number of amides is 1. The molecule has 1 amide bonds. The second kappa shape index (κ2) is 5.52. The Hall–Kier alpha value is -0.650. The van der Waals surface area contributed by atoms with E-state index in [0.29, 0.717) is 23.7 Å². The Morgan fingerprint density at radius 1 is 1.19 bits per heavy atom. The quantitative estimate of drug-likeness (QED) is 0.741. The van der Waals surface area contributed by atoms with Gasteiger partial charge in [0.15, 0.2) is 0 Å². The van der Waals surface area contributed by atoms with Gasteiger partial charge in [0, 0.05) is 38.0 Å². The lowest BCUT2D eigenvalue weighted by Crippen LogP contribution is -2.50. The molecule has 5 nitrogen and oxygen atoms in total. The first-order chi connectivity index (χ1) is 10.3. The Morgan fingerprint density at radius 3 is 2.76 bits per heavy atom. The molecular formula is C16H26N2O3. The summed E-state index contributed by atoms with van der Waals surface area (Å²) in [5.74, 6) is 2.25. The van der Waals surface area contributed by atoms with Crippen LogP contribution in [0.3, 0.4) is 0 Å². The molecule has 3 aliphatic heterocycles. The molecule has 0 aromatic carbocycles. The van der Waals surface area contributed by atoms with E-state index in [1.54, 1.807) is 0 Å². The molecule has 0 aromatic heterocycles. The zero-order valence-corrected chi connectivity index (χ0v) is 12.9. The van der Waals surface area contributed by atoms with Crippen molar-refractivity contribution in [2.24, 2.45) is 23.7 Å². The number of likely N-dealkylation sites (N-methyl/N-ethyl adjacent to an activating group) is 1. The molecule has 118 valence electrons. The van der Waals surface area contributed by atoms with Gasteiger partial charge in [-0.15, -0.1) is 0 Å². The minimum absolute atomic E-state index is 0.245. The molecule has 21 heavy (non-hydrogen) atoms. The summed E-state index contributed by atoms with van der Waals surface area (Å²) in [4.78, 5) is 17.2. The minimum Gasteiger partial charge on any atom is -0.381 e. The molecule has 5 heteroatoms. The highest BCUT2D eigenvalue weighted by Crippen LogP contribution is 2.51. The van der Waals surface area contributed by atoms with Gasteiger partial charge in [-0.05, 0) is 24.8 Å². The van der Waals surface area contributed by atoms with Gasteiger partial charge in [0.2, 0.25) is 5.91 Å². The van der Waals surface area contributed by atoms with Crippen molar-refractivity contribution in [1.82, 2.24) is 9.80 Å². The van der Waals surface area contributed by atoms with Crippen molar-refractivity contribution >= 4 is 5.91 Å². The molecule has 0 bridgehead atoms. The first-order valence-electron chi connectivity index (χ1n) is 8.48. The highest BCUT2D eigenvalue weighted by molar-refractivity contribution is 5.82. The van der Waals surface area contributed by atoms with Crippen LogP contribution >= 0.6 is 0 Å². The molecule has 4 rings (SSSR count). The Balaban J connectivity index is 1.37. The van der Waals surface area contributed by atoms with E-state index in [2.05, 4.69) is 16.7 Å². The summed E-state index contributed by atoms with van der Waals surface area (Å²) < 4.78 is 11.5. The van der Waals surface area contributed by atoms with Crippen molar-refractivity contribution < 1.29 is 14.3 Å². The molecule has 4 aliphatic rings. The van der Waals surface area contributed by atoms with Gasteiger partial charge in [-0.3, -0.25) is 4.79 Å². The van der Waals surface area contributed by atoms with Crippen LogP contribution in [-0.2, 0) is 14.3 Å². The molecule has 0 N–H and O–H groups in total. The van der Waals surface area contributed by atoms with E-state index in [0.717, 1.165) is 59.0 Å². The van der Waals surface area contributed by atoms with E-state index in [1.807, 2.05) is 0 Å². The minimum atomic E-state index is 0.245. The van der Waals surface area contributed by atoms with E-state index in [9.17, 15) is 4.79 Å². The van der Waals surface area contributed by atoms with Gasteiger partial charge < -0.3 is 19.3 Å². The van der Waals surface area contributed by atoms with Crippen molar-refractivity contribution in [3.05, 3.63) is 0 Å². The Kier molecular flexibility index (Phi) is 3.67. The number of hydrogen-bond acceptors (Lipinski definition) is 4. The molecule has 1 saturated carbocycles. The lowest BCUT2D eigenvalue weighted by atomic mass is 9.93. The molecule has 1 aliphatic carbocycles. The number of nitrogens with zero attached hydrogens (tertiary/aromatic N) is 2. The van der Waals surface area contributed by atoms with Crippen molar-refractivity contribution in [3.8, 4) is 0 Å². The Bertz CT molecular complexity index is 406. The highest BCUT2D eigenvalue weighted by Gasteiger charge is 2.59. The zero-order chi connectivity index (χ0) is 14.4. The molecule has 0 spiro atoms. The van der Waals surface area contributed by atoms with Gasteiger partial charge in [0.25, 0.3) is 0 Å². The van der Waals surface area contributed by atoms with Gasteiger partial charge in [-0.25, -0.2) is 0 Å². The fourth-order valence-corrected chi connectivity index (χ4v) is 4.42. The maximum atomic E-state index is 12.7. The van der Waals surface area contributed by atoms with E-state index < -0.39 is 0 Å². The average Bonchev–Trinajstić information content (AvgIpc) is 3.08. The molecule has 5 atom stereocenters. The number of rotatable bonds is 2. The Morgan fingerprint density at radius 2 is 2.00 bits per heavy atom. The van der Waals surface area contributed by atoms with Crippen molar-refractivity contribution in [1.29, 1.82) is 0 Å². The summed E-state index contributed by atoms with van der Waals surface area (Å²) in [5, 5.41) is 0. The maximum absolute atomic E-state index is 12.7. The van der Waals surface area contributed by atoms with Gasteiger partial charge in [-0.1, -0.05) is 6.92 Å². The number of piperidine rings is 1. The van der Waals surface area contributed by atoms with Crippen LogP contribution in [0.25, 0.3) is 0 Å². The van der Waals surface area contributed by atoms with E-state index in [-0.39, 0.29) is 12.0 Å². The van der Waals surface area contributed by atoms with Crippen LogP contribution in [0.15, 0.2) is 0 Å². The predicted molar refractivity (Wildman–Crippen MR) is 77.8 cm³/mol. The summed E-state index contributed by atoms with van der Waals surface area (Å²) in [6, 6.07) is 0. The van der Waals surface area contributed by atoms with Gasteiger partial charge in [0.1, 0.15) is 0 Å². The molecule has 3 heterocycles. The highest BCUT2D eigenvalue weighted by atomic mass is 16.5. The third kappa shape index (κ3) is 2.49. The number of hydrogen-bond donors (Lipinski definition) is 0. The number of carbonyl (C=O) groups is 1. The van der Waals surface area contributed by atoms with Crippen molar-refractivity contribution in [2.75, 3.05) is 52.5 Å². The summed E-state index contributed by atoms with van der Waals surface area (Å²) in [7, 11) is 0. The standard InChI is InChI=1S/C16H26N2O3/c1-2-17-5-6-21-14-8-18(4-3-11(14)7-17)16(19)15-12-9-20-10-13(12)15/h11-15H,2-10H2,1H3/t11?,12-,13+,14?,15?. The second-order valence-corrected chi connectivity index (χ2v) is 7.03. The first-order valence-corrected chi connectivity index (χ1v) is 8.48. The zero-order valence-electron chi connectivity index (χ0n) is 12.9. The summed E-state index contributed by atoms with van der Waals surface area (Å²) in [6.07, 6.45) is 1.33. The van der Waals surface area contributed by atoms with E-state index in [4.69, 9.17) is 9.47 Å². The fourth-order valence-electron chi connectivity index (χ4n) is 4.42. The van der Waals surface area contributed by atoms with Crippen LogP contribution in [0, 0.1) is 23.7 Å². The van der Waals surface area contributed by atoms with E-state index >= 15 is 0 Å². The van der Waals surface area contributed by atoms with E-state index in [1.165, 1.54) is 0 Å². The third-order valence-corrected chi connectivity index (χ3v) is 5.92.